The molecule has 0 bridgehead atoms. The van der Waals surface area contributed by atoms with Crippen LogP contribution >= 0.6 is 0 Å². The van der Waals surface area contributed by atoms with Gasteiger partial charge >= 0.3 is 0 Å². The molecule has 3 rings (SSSR count). The van der Waals surface area contributed by atoms with Gasteiger partial charge in [-0.1, -0.05) is 6.07 Å². The van der Waals surface area contributed by atoms with Gasteiger partial charge < -0.3 is 15.0 Å². The van der Waals surface area contributed by atoms with Crippen molar-refractivity contribution in [3.8, 4) is 5.75 Å². The number of anilines is 1. The maximum absolute atomic E-state index is 12.8. The van der Waals surface area contributed by atoms with Crippen molar-refractivity contribution in [1.29, 1.82) is 0 Å². The number of amides is 2. The lowest BCUT2D eigenvalue weighted by atomic mass is 10.1. The summed E-state index contributed by atoms with van der Waals surface area (Å²) >= 11 is 0. The van der Waals surface area contributed by atoms with Gasteiger partial charge in [-0.05, 0) is 57.4 Å². The third-order valence-corrected chi connectivity index (χ3v) is 5.50. The molecule has 1 aliphatic rings. The Kier molecular flexibility index (Phi) is 5.68. The van der Waals surface area contributed by atoms with Crippen LogP contribution in [0.15, 0.2) is 24.4 Å². The lowest BCUT2D eigenvalue weighted by molar-refractivity contribution is -0.132. The van der Waals surface area contributed by atoms with E-state index in [0.29, 0.717) is 13.0 Å². The van der Waals surface area contributed by atoms with Gasteiger partial charge in [-0.3, -0.25) is 14.6 Å². The lowest BCUT2D eigenvalue weighted by Crippen LogP contribution is -2.36. The Balaban J connectivity index is 1.67. The van der Waals surface area contributed by atoms with Crippen molar-refractivity contribution in [2.24, 2.45) is 5.92 Å². The Morgan fingerprint density at radius 1 is 1.21 bits per heavy atom. The molecule has 0 radical (unpaired) electrons. The van der Waals surface area contributed by atoms with Crippen LogP contribution in [0.3, 0.4) is 0 Å². The molecule has 6 heteroatoms. The number of methoxy groups -OCH3 is 1. The van der Waals surface area contributed by atoms with E-state index >= 15 is 0 Å². The SMILES string of the molecule is COc1c(C)cnc(CNC(=O)C2CCN(c3ccc(C)c(C)c3)C2=O)c1C. The largest absolute Gasteiger partial charge is 0.496 e. The fourth-order valence-corrected chi connectivity index (χ4v) is 3.62. The number of benzene rings is 1. The van der Waals surface area contributed by atoms with Crippen molar-refractivity contribution in [2.45, 2.75) is 40.7 Å². The third kappa shape index (κ3) is 3.72. The summed E-state index contributed by atoms with van der Waals surface area (Å²) in [6.07, 6.45) is 2.25. The first-order chi connectivity index (χ1) is 13.3. The zero-order valence-electron chi connectivity index (χ0n) is 17.1. The molecule has 2 amide bonds. The normalized spacial score (nSPS) is 16.4. The van der Waals surface area contributed by atoms with E-state index in [9.17, 15) is 9.59 Å². The minimum absolute atomic E-state index is 0.146. The maximum Gasteiger partial charge on any atom is 0.239 e. The highest BCUT2D eigenvalue weighted by molar-refractivity contribution is 6.09. The monoisotopic (exact) mass is 381 g/mol. The van der Waals surface area contributed by atoms with Gasteiger partial charge in [0, 0.05) is 29.6 Å². The molecule has 1 saturated heterocycles. The van der Waals surface area contributed by atoms with Crippen LogP contribution in [0.1, 0.15) is 34.4 Å². The summed E-state index contributed by atoms with van der Waals surface area (Å²) < 4.78 is 5.41. The van der Waals surface area contributed by atoms with Gasteiger partial charge in [0.2, 0.25) is 11.8 Å². The molecular weight excluding hydrogens is 354 g/mol. The van der Waals surface area contributed by atoms with Gasteiger partial charge in [0.15, 0.2) is 0 Å². The molecule has 2 heterocycles. The van der Waals surface area contributed by atoms with Crippen LogP contribution < -0.4 is 15.0 Å². The molecule has 6 nitrogen and oxygen atoms in total. The van der Waals surface area contributed by atoms with Crippen molar-refractivity contribution in [2.75, 3.05) is 18.6 Å². The maximum atomic E-state index is 12.8. The van der Waals surface area contributed by atoms with Crippen molar-refractivity contribution < 1.29 is 14.3 Å². The summed E-state index contributed by atoms with van der Waals surface area (Å²) in [5, 5.41) is 2.87. The number of pyridine rings is 1. The quantitative estimate of drug-likeness (QED) is 0.808. The molecule has 1 aromatic heterocycles. The predicted octanol–water partition coefficient (Wildman–Crippen LogP) is 2.99. The van der Waals surface area contributed by atoms with E-state index in [0.717, 1.165) is 33.8 Å². The highest BCUT2D eigenvalue weighted by Gasteiger charge is 2.37. The minimum atomic E-state index is -0.658. The molecule has 148 valence electrons. The fourth-order valence-electron chi connectivity index (χ4n) is 3.62. The van der Waals surface area contributed by atoms with Crippen molar-refractivity contribution in [3.63, 3.8) is 0 Å². The van der Waals surface area contributed by atoms with Crippen LogP contribution in [-0.2, 0) is 16.1 Å². The molecule has 2 aromatic rings. The standard InChI is InChI=1S/C22H27N3O3/c1-13-6-7-17(10-14(13)2)25-9-8-18(22(25)27)21(26)24-12-19-16(4)20(28-5)15(3)11-23-19/h6-7,10-11,18H,8-9,12H2,1-5H3,(H,24,26). The summed E-state index contributed by atoms with van der Waals surface area (Å²) in [6.45, 7) is 8.73. The Hall–Kier alpha value is -2.89. The molecular formula is C22H27N3O3. The first-order valence-corrected chi connectivity index (χ1v) is 9.49. The van der Waals surface area contributed by atoms with Crippen LogP contribution in [0, 0.1) is 33.6 Å². The number of rotatable bonds is 5. The van der Waals surface area contributed by atoms with E-state index in [-0.39, 0.29) is 18.4 Å². The molecule has 1 unspecified atom stereocenters. The zero-order valence-corrected chi connectivity index (χ0v) is 17.1. The molecule has 1 N–H and O–H groups in total. The summed E-state index contributed by atoms with van der Waals surface area (Å²) in [4.78, 5) is 31.5. The van der Waals surface area contributed by atoms with Gasteiger partial charge in [0.05, 0.1) is 19.3 Å². The Bertz CT molecular complexity index is 923. The average molecular weight is 381 g/mol. The van der Waals surface area contributed by atoms with Crippen LogP contribution in [0.5, 0.6) is 5.75 Å². The molecule has 1 aliphatic heterocycles. The first kappa shape index (κ1) is 19.9. The minimum Gasteiger partial charge on any atom is -0.496 e. The number of nitrogens with zero attached hydrogens (tertiary/aromatic N) is 2. The summed E-state index contributed by atoms with van der Waals surface area (Å²) in [5.41, 5.74) is 5.76. The second-order valence-corrected chi connectivity index (χ2v) is 7.36. The molecule has 0 saturated carbocycles. The van der Waals surface area contributed by atoms with E-state index in [1.54, 1.807) is 18.2 Å². The second kappa shape index (κ2) is 8.00. The molecule has 0 aliphatic carbocycles. The average Bonchev–Trinajstić information content (AvgIpc) is 3.05. The number of carbonyl (C=O) groups excluding carboxylic acids is 2. The van der Waals surface area contributed by atoms with Crippen molar-refractivity contribution in [1.82, 2.24) is 10.3 Å². The van der Waals surface area contributed by atoms with Crippen LogP contribution in [0.4, 0.5) is 5.69 Å². The van der Waals surface area contributed by atoms with Crippen LogP contribution in [0.2, 0.25) is 0 Å². The number of carbonyl (C=O) groups is 2. The number of hydrogen-bond donors (Lipinski definition) is 1. The van der Waals surface area contributed by atoms with Gasteiger partial charge in [0.1, 0.15) is 11.7 Å². The van der Waals surface area contributed by atoms with Crippen molar-refractivity contribution >= 4 is 17.5 Å². The van der Waals surface area contributed by atoms with Crippen LogP contribution in [-0.4, -0.2) is 30.5 Å². The van der Waals surface area contributed by atoms with E-state index in [2.05, 4.69) is 10.3 Å². The zero-order chi connectivity index (χ0) is 20.4. The number of ether oxygens (including phenoxy) is 1. The highest BCUT2D eigenvalue weighted by atomic mass is 16.5. The fraction of sp³-hybridized carbons (Fsp3) is 0.409. The Labute approximate surface area is 165 Å². The highest BCUT2D eigenvalue weighted by Crippen LogP contribution is 2.27. The number of aryl methyl sites for hydroxylation is 3. The van der Waals surface area contributed by atoms with E-state index in [1.165, 1.54) is 5.56 Å². The second-order valence-electron chi connectivity index (χ2n) is 7.36. The number of aromatic nitrogens is 1. The van der Waals surface area contributed by atoms with E-state index in [4.69, 9.17) is 4.74 Å². The molecule has 28 heavy (non-hydrogen) atoms. The molecule has 1 fully saturated rings. The van der Waals surface area contributed by atoms with Crippen molar-refractivity contribution in [3.05, 3.63) is 52.3 Å². The van der Waals surface area contributed by atoms with Gasteiger partial charge in [-0.25, -0.2) is 0 Å². The topological polar surface area (TPSA) is 71.5 Å². The number of nitrogens with one attached hydrogen (secondary N) is 1. The third-order valence-electron chi connectivity index (χ3n) is 5.50. The van der Waals surface area contributed by atoms with Gasteiger partial charge in [-0.2, -0.15) is 0 Å². The summed E-state index contributed by atoms with van der Waals surface area (Å²) in [7, 11) is 1.62. The molecule has 1 atom stereocenters. The van der Waals surface area contributed by atoms with Crippen LogP contribution in [0.25, 0.3) is 0 Å². The lowest BCUT2D eigenvalue weighted by Gasteiger charge is -2.18. The van der Waals surface area contributed by atoms with E-state index < -0.39 is 5.92 Å². The van der Waals surface area contributed by atoms with Gasteiger partial charge in [-0.15, -0.1) is 0 Å². The summed E-state index contributed by atoms with van der Waals surface area (Å²) in [6, 6.07) is 5.94. The molecule has 1 aromatic carbocycles. The number of hydrogen-bond acceptors (Lipinski definition) is 4. The van der Waals surface area contributed by atoms with E-state index in [1.807, 2.05) is 45.9 Å². The molecule has 0 spiro atoms. The summed E-state index contributed by atoms with van der Waals surface area (Å²) in [5.74, 6) is -0.282. The Morgan fingerprint density at radius 2 is 1.96 bits per heavy atom. The smallest absolute Gasteiger partial charge is 0.239 e. The van der Waals surface area contributed by atoms with Gasteiger partial charge in [0.25, 0.3) is 0 Å². The Morgan fingerprint density at radius 3 is 2.64 bits per heavy atom. The first-order valence-electron chi connectivity index (χ1n) is 9.49. The predicted molar refractivity (Wildman–Crippen MR) is 108 cm³/mol.